The van der Waals surface area contributed by atoms with Crippen LogP contribution < -0.4 is 4.74 Å². The number of benzene rings is 2. The maximum Gasteiger partial charge on any atom is 0.176 e. The number of ether oxygens (including phenoxy) is 1. The molecule has 22 heavy (non-hydrogen) atoms. The first kappa shape index (κ1) is 14.6. The molecule has 0 amide bonds. The van der Waals surface area contributed by atoms with Crippen LogP contribution in [0.25, 0.3) is 22.6 Å². The summed E-state index contributed by atoms with van der Waals surface area (Å²) in [6.45, 7) is -0.196. The minimum Gasteiger partial charge on any atom is -0.496 e. The summed E-state index contributed by atoms with van der Waals surface area (Å²) in [5.41, 5.74) is 2.72. The van der Waals surface area contributed by atoms with Crippen molar-refractivity contribution >= 4 is 11.6 Å². The molecule has 5 heteroatoms. The summed E-state index contributed by atoms with van der Waals surface area (Å²) < 4.78 is 10.8. The van der Waals surface area contributed by atoms with Crippen molar-refractivity contribution in [2.75, 3.05) is 7.11 Å². The summed E-state index contributed by atoms with van der Waals surface area (Å²) in [5, 5.41) is 14.5. The zero-order valence-corrected chi connectivity index (χ0v) is 12.7. The van der Waals surface area contributed by atoms with Gasteiger partial charge < -0.3 is 14.4 Å². The zero-order chi connectivity index (χ0) is 15.5. The maximum atomic E-state index is 9.77. The first-order valence-corrected chi connectivity index (χ1v) is 7.11. The number of aliphatic hydroxyl groups is 1. The van der Waals surface area contributed by atoms with Crippen LogP contribution in [0.1, 0.15) is 5.56 Å². The Morgan fingerprint density at radius 3 is 2.73 bits per heavy atom. The molecule has 0 radical (unpaired) electrons. The Labute approximate surface area is 132 Å². The molecule has 1 N–H and O–H groups in total. The Morgan fingerprint density at radius 1 is 1.18 bits per heavy atom. The number of hydrogen-bond donors (Lipinski definition) is 1. The first-order valence-electron chi connectivity index (χ1n) is 6.73. The molecule has 112 valence electrons. The summed E-state index contributed by atoms with van der Waals surface area (Å²) >= 11 is 6.02. The second-order valence-electron chi connectivity index (χ2n) is 4.71. The van der Waals surface area contributed by atoms with Crippen LogP contribution >= 0.6 is 11.6 Å². The van der Waals surface area contributed by atoms with Gasteiger partial charge in [0.1, 0.15) is 11.4 Å². The van der Waals surface area contributed by atoms with E-state index < -0.39 is 0 Å². The normalized spacial score (nSPS) is 10.7. The van der Waals surface area contributed by atoms with Gasteiger partial charge in [0.2, 0.25) is 0 Å². The molecule has 0 fully saturated rings. The average molecular weight is 316 g/mol. The van der Waals surface area contributed by atoms with Crippen LogP contribution in [0.2, 0.25) is 5.02 Å². The molecule has 0 atom stereocenters. The van der Waals surface area contributed by atoms with Crippen molar-refractivity contribution in [2.24, 2.45) is 0 Å². The van der Waals surface area contributed by atoms with Crippen molar-refractivity contribution in [3.63, 3.8) is 0 Å². The number of methoxy groups -OCH3 is 1. The number of aliphatic hydroxyl groups excluding tert-OH is 1. The Balaban J connectivity index is 2.16. The fraction of sp³-hybridized carbons (Fsp3) is 0.118. The predicted molar refractivity (Wildman–Crippen MR) is 84.9 cm³/mol. The van der Waals surface area contributed by atoms with E-state index in [0.717, 1.165) is 11.1 Å². The van der Waals surface area contributed by atoms with Crippen molar-refractivity contribution in [1.29, 1.82) is 0 Å². The highest BCUT2D eigenvalue weighted by atomic mass is 35.5. The molecule has 0 unspecified atom stereocenters. The highest BCUT2D eigenvalue weighted by molar-refractivity contribution is 6.30. The van der Waals surface area contributed by atoms with Gasteiger partial charge in [-0.2, -0.15) is 0 Å². The van der Waals surface area contributed by atoms with Crippen LogP contribution in [0, 0.1) is 0 Å². The van der Waals surface area contributed by atoms with E-state index in [1.165, 1.54) is 0 Å². The number of nitrogens with zero attached hydrogens (tertiary/aromatic N) is 1. The van der Waals surface area contributed by atoms with Gasteiger partial charge in [0, 0.05) is 10.6 Å². The second kappa shape index (κ2) is 6.22. The highest BCUT2D eigenvalue weighted by Crippen LogP contribution is 2.37. The zero-order valence-electron chi connectivity index (χ0n) is 11.9. The van der Waals surface area contributed by atoms with Crippen LogP contribution in [0.3, 0.4) is 0 Å². The lowest BCUT2D eigenvalue weighted by Gasteiger charge is -2.06. The van der Waals surface area contributed by atoms with Crippen molar-refractivity contribution in [2.45, 2.75) is 6.61 Å². The lowest BCUT2D eigenvalue weighted by molar-refractivity contribution is 0.281. The van der Waals surface area contributed by atoms with E-state index in [9.17, 15) is 5.11 Å². The van der Waals surface area contributed by atoms with Gasteiger partial charge in [-0.15, -0.1) is 0 Å². The number of hydrogen-bond acceptors (Lipinski definition) is 4. The largest absolute Gasteiger partial charge is 0.496 e. The van der Waals surface area contributed by atoms with Crippen LogP contribution in [0.4, 0.5) is 0 Å². The lowest BCUT2D eigenvalue weighted by atomic mass is 10.0. The number of aromatic nitrogens is 1. The van der Waals surface area contributed by atoms with Gasteiger partial charge in [0.15, 0.2) is 5.76 Å². The quantitative estimate of drug-likeness (QED) is 0.785. The minimum absolute atomic E-state index is 0.196. The molecule has 3 rings (SSSR count). The van der Waals surface area contributed by atoms with Crippen molar-refractivity contribution in [1.82, 2.24) is 5.16 Å². The number of halogens is 1. The summed E-state index contributed by atoms with van der Waals surface area (Å²) in [4.78, 5) is 0. The third-order valence-electron chi connectivity index (χ3n) is 3.40. The molecule has 3 aromatic rings. The van der Waals surface area contributed by atoms with Gasteiger partial charge in [0.25, 0.3) is 0 Å². The van der Waals surface area contributed by atoms with E-state index in [1.807, 2.05) is 36.4 Å². The van der Waals surface area contributed by atoms with E-state index in [0.29, 0.717) is 27.8 Å². The number of rotatable bonds is 4. The van der Waals surface area contributed by atoms with E-state index in [2.05, 4.69) is 5.16 Å². The van der Waals surface area contributed by atoms with E-state index >= 15 is 0 Å². The molecular formula is C17H14ClNO3. The molecule has 0 bridgehead atoms. The topological polar surface area (TPSA) is 55.5 Å². The van der Waals surface area contributed by atoms with E-state index in [4.69, 9.17) is 20.9 Å². The van der Waals surface area contributed by atoms with Crippen LogP contribution in [0.15, 0.2) is 53.1 Å². The molecule has 0 saturated carbocycles. The average Bonchev–Trinajstić information content (AvgIpc) is 2.98. The maximum absolute atomic E-state index is 9.77. The summed E-state index contributed by atoms with van der Waals surface area (Å²) in [5.74, 6) is 1.15. The van der Waals surface area contributed by atoms with Crippen LogP contribution in [-0.4, -0.2) is 17.4 Å². The third kappa shape index (κ3) is 2.58. The summed E-state index contributed by atoms with van der Waals surface area (Å²) in [6, 6.07) is 14.7. The monoisotopic (exact) mass is 315 g/mol. The molecule has 0 spiro atoms. The SMILES string of the molecule is COc1ccccc1-c1onc(-c2cccc(Cl)c2)c1CO. The van der Waals surface area contributed by atoms with Gasteiger partial charge in [-0.1, -0.05) is 41.0 Å². The summed E-state index contributed by atoms with van der Waals surface area (Å²) in [6.07, 6.45) is 0. The fourth-order valence-corrected chi connectivity index (χ4v) is 2.55. The molecule has 0 aliphatic carbocycles. The van der Waals surface area contributed by atoms with Gasteiger partial charge in [-0.05, 0) is 24.3 Å². The van der Waals surface area contributed by atoms with E-state index in [1.54, 1.807) is 19.2 Å². The molecule has 2 aromatic carbocycles. The molecular weight excluding hydrogens is 302 g/mol. The van der Waals surface area contributed by atoms with Crippen molar-refractivity contribution in [3.05, 3.63) is 59.1 Å². The van der Waals surface area contributed by atoms with Gasteiger partial charge >= 0.3 is 0 Å². The molecule has 0 aliphatic rings. The molecule has 1 aromatic heterocycles. The Hall–Kier alpha value is -2.30. The number of para-hydroxylation sites is 1. The lowest BCUT2D eigenvalue weighted by Crippen LogP contribution is -1.91. The Kier molecular flexibility index (Phi) is 4.13. The minimum atomic E-state index is -0.196. The van der Waals surface area contributed by atoms with Crippen LogP contribution in [0.5, 0.6) is 5.75 Å². The molecule has 0 saturated heterocycles. The third-order valence-corrected chi connectivity index (χ3v) is 3.63. The Morgan fingerprint density at radius 2 is 2.00 bits per heavy atom. The standard InChI is InChI=1S/C17H14ClNO3/c1-21-15-8-3-2-7-13(15)17-14(10-20)16(19-22-17)11-5-4-6-12(18)9-11/h2-9,20H,10H2,1H3. The van der Waals surface area contributed by atoms with Gasteiger partial charge in [-0.3, -0.25) is 0 Å². The highest BCUT2D eigenvalue weighted by Gasteiger charge is 2.20. The van der Waals surface area contributed by atoms with Crippen LogP contribution in [-0.2, 0) is 6.61 Å². The van der Waals surface area contributed by atoms with Gasteiger partial charge in [-0.25, -0.2) is 0 Å². The molecule has 4 nitrogen and oxygen atoms in total. The van der Waals surface area contributed by atoms with Crippen molar-refractivity contribution in [3.8, 4) is 28.3 Å². The molecule has 0 aliphatic heterocycles. The van der Waals surface area contributed by atoms with Crippen molar-refractivity contribution < 1.29 is 14.4 Å². The van der Waals surface area contributed by atoms with E-state index in [-0.39, 0.29) is 6.61 Å². The Bertz CT molecular complexity index is 798. The van der Waals surface area contributed by atoms with Gasteiger partial charge in [0.05, 0.1) is 24.8 Å². The predicted octanol–water partition coefficient (Wildman–Crippen LogP) is 4.16. The fourth-order valence-electron chi connectivity index (χ4n) is 2.36. The summed E-state index contributed by atoms with van der Waals surface area (Å²) in [7, 11) is 1.59. The smallest absolute Gasteiger partial charge is 0.176 e. The molecule has 1 heterocycles. The second-order valence-corrected chi connectivity index (χ2v) is 5.14. The first-order chi connectivity index (χ1) is 10.7.